The summed E-state index contributed by atoms with van der Waals surface area (Å²) in [6, 6.07) is 19.0. The fraction of sp³-hybridized carbons (Fsp3) is 0.138. The Balaban J connectivity index is 1.92. The lowest BCUT2D eigenvalue weighted by atomic mass is 10.0. The SMILES string of the molecule is C=CCc1cc(/C=C(/C#N)C(=O)Nc2cccc(C(=O)O)c2)cc(OCC)c1OCc1ccc(Br)cc1. The van der Waals surface area contributed by atoms with E-state index in [-0.39, 0.29) is 16.8 Å². The number of carboxylic acids is 1. The molecule has 0 atom stereocenters. The van der Waals surface area contributed by atoms with Crippen molar-refractivity contribution in [2.24, 2.45) is 0 Å². The Hall–Kier alpha value is -4.35. The summed E-state index contributed by atoms with van der Waals surface area (Å²) in [7, 11) is 0. The van der Waals surface area contributed by atoms with Crippen LogP contribution in [0.1, 0.15) is 34.0 Å². The minimum atomic E-state index is -1.12. The third-order valence-corrected chi connectivity index (χ3v) is 5.69. The van der Waals surface area contributed by atoms with Crippen molar-refractivity contribution in [3.63, 3.8) is 0 Å². The molecule has 0 radical (unpaired) electrons. The first-order chi connectivity index (χ1) is 17.8. The van der Waals surface area contributed by atoms with Crippen LogP contribution in [0, 0.1) is 11.3 Å². The van der Waals surface area contributed by atoms with Gasteiger partial charge < -0.3 is 19.9 Å². The molecule has 7 nitrogen and oxygen atoms in total. The first-order valence-electron chi connectivity index (χ1n) is 11.4. The van der Waals surface area contributed by atoms with Crippen LogP contribution >= 0.6 is 15.9 Å². The predicted molar refractivity (Wildman–Crippen MR) is 146 cm³/mol. The molecule has 2 N–H and O–H groups in total. The van der Waals surface area contributed by atoms with Crippen LogP contribution in [0.3, 0.4) is 0 Å². The molecule has 0 unspecified atom stereocenters. The molecule has 0 saturated heterocycles. The van der Waals surface area contributed by atoms with Gasteiger partial charge in [0.05, 0.1) is 12.2 Å². The Morgan fingerprint density at radius 3 is 2.54 bits per heavy atom. The third kappa shape index (κ3) is 7.56. The van der Waals surface area contributed by atoms with Gasteiger partial charge in [-0.2, -0.15) is 5.26 Å². The number of carbonyl (C=O) groups is 2. The maximum Gasteiger partial charge on any atom is 0.335 e. The van der Waals surface area contributed by atoms with E-state index in [1.807, 2.05) is 43.3 Å². The zero-order valence-corrected chi connectivity index (χ0v) is 21.7. The van der Waals surface area contributed by atoms with E-state index < -0.39 is 11.9 Å². The maximum absolute atomic E-state index is 12.8. The number of nitrogens with one attached hydrogen (secondary N) is 1. The quantitative estimate of drug-likeness (QED) is 0.159. The molecular formula is C29H25BrN2O5. The molecule has 37 heavy (non-hydrogen) atoms. The largest absolute Gasteiger partial charge is 0.490 e. The smallest absolute Gasteiger partial charge is 0.335 e. The summed E-state index contributed by atoms with van der Waals surface area (Å²) in [6.45, 7) is 6.40. The van der Waals surface area contributed by atoms with E-state index in [9.17, 15) is 14.9 Å². The number of halogens is 1. The van der Waals surface area contributed by atoms with Crippen molar-refractivity contribution in [2.75, 3.05) is 11.9 Å². The van der Waals surface area contributed by atoms with Gasteiger partial charge in [-0.1, -0.05) is 40.2 Å². The summed E-state index contributed by atoms with van der Waals surface area (Å²) in [4.78, 5) is 24.0. The van der Waals surface area contributed by atoms with Gasteiger partial charge in [0, 0.05) is 15.7 Å². The Labute approximate surface area is 223 Å². The fourth-order valence-corrected chi connectivity index (χ4v) is 3.74. The molecule has 1 amide bonds. The second-order valence-electron chi connectivity index (χ2n) is 7.86. The van der Waals surface area contributed by atoms with E-state index in [0.29, 0.717) is 36.7 Å². The van der Waals surface area contributed by atoms with E-state index in [1.165, 1.54) is 24.3 Å². The topological polar surface area (TPSA) is 109 Å². The summed E-state index contributed by atoms with van der Waals surface area (Å²) in [5, 5.41) is 21.4. The molecule has 188 valence electrons. The zero-order chi connectivity index (χ0) is 26.8. The Kier molecular flexibility index (Phi) is 9.64. The highest BCUT2D eigenvalue weighted by atomic mass is 79.9. The lowest BCUT2D eigenvalue weighted by Crippen LogP contribution is -2.14. The van der Waals surface area contributed by atoms with E-state index >= 15 is 0 Å². The van der Waals surface area contributed by atoms with Gasteiger partial charge >= 0.3 is 5.97 Å². The minimum Gasteiger partial charge on any atom is -0.490 e. The van der Waals surface area contributed by atoms with Crippen molar-refractivity contribution in [3.8, 4) is 17.6 Å². The molecule has 0 aromatic heterocycles. The lowest BCUT2D eigenvalue weighted by molar-refractivity contribution is -0.112. The van der Waals surface area contributed by atoms with Gasteiger partial charge in [-0.3, -0.25) is 4.79 Å². The van der Waals surface area contributed by atoms with Gasteiger partial charge in [0.2, 0.25) is 0 Å². The predicted octanol–water partition coefficient (Wildman–Crippen LogP) is 6.40. The van der Waals surface area contributed by atoms with Gasteiger partial charge in [0.1, 0.15) is 18.2 Å². The molecule has 3 aromatic carbocycles. The summed E-state index contributed by atoms with van der Waals surface area (Å²) in [5.41, 5.74) is 2.48. The molecule has 0 heterocycles. The number of rotatable bonds is 11. The van der Waals surface area contributed by atoms with Crippen LogP contribution in [-0.2, 0) is 17.8 Å². The van der Waals surface area contributed by atoms with Crippen molar-refractivity contribution in [3.05, 3.63) is 106 Å². The third-order valence-electron chi connectivity index (χ3n) is 5.16. The van der Waals surface area contributed by atoms with Crippen LogP contribution < -0.4 is 14.8 Å². The normalized spacial score (nSPS) is 10.8. The number of benzene rings is 3. The van der Waals surface area contributed by atoms with Gasteiger partial charge in [0.25, 0.3) is 5.91 Å². The van der Waals surface area contributed by atoms with Crippen molar-refractivity contribution in [1.29, 1.82) is 5.26 Å². The molecule has 0 spiro atoms. The number of allylic oxidation sites excluding steroid dienone is 1. The molecule has 0 fully saturated rings. The van der Waals surface area contributed by atoms with Crippen LogP contribution in [0.15, 0.2) is 83.4 Å². The second-order valence-corrected chi connectivity index (χ2v) is 8.77. The maximum atomic E-state index is 12.8. The van der Waals surface area contributed by atoms with Crippen LogP contribution in [0.25, 0.3) is 6.08 Å². The number of nitriles is 1. The lowest BCUT2D eigenvalue weighted by Gasteiger charge is -2.17. The number of carboxylic acid groups (broad SMARTS) is 1. The average Bonchev–Trinajstić information content (AvgIpc) is 2.88. The van der Waals surface area contributed by atoms with E-state index in [0.717, 1.165) is 15.6 Å². The standard InChI is InChI=1S/C29H25BrN2O5/c1-3-6-21-13-20(14-23(17-31)28(33)32-25-8-5-7-22(16-25)29(34)35)15-26(36-4-2)27(21)37-18-19-9-11-24(30)12-10-19/h3,5,7-16H,1,4,6,18H2,2H3,(H,32,33)(H,34,35)/b23-14-. The van der Waals surface area contributed by atoms with Crippen LogP contribution in [0.5, 0.6) is 11.5 Å². The molecule has 8 heteroatoms. The summed E-state index contributed by atoms with van der Waals surface area (Å²) in [6.07, 6.45) is 3.66. The molecule has 3 rings (SSSR count). The van der Waals surface area contributed by atoms with Gasteiger partial charge in [-0.25, -0.2) is 4.79 Å². The molecule has 0 bridgehead atoms. The summed E-state index contributed by atoms with van der Waals surface area (Å²) < 4.78 is 13.0. The first-order valence-corrected chi connectivity index (χ1v) is 12.2. The zero-order valence-electron chi connectivity index (χ0n) is 20.2. The monoisotopic (exact) mass is 560 g/mol. The Morgan fingerprint density at radius 1 is 1.14 bits per heavy atom. The molecule has 0 aliphatic heterocycles. The number of hydrogen-bond donors (Lipinski definition) is 2. The number of nitrogens with zero attached hydrogens (tertiary/aromatic N) is 1. The molecule has 3 aromatic rings. The fourth-order valence-electron chi connectivity index (χ4n) is 3.48. The molecule has 0 aliphatic carbocycles. The van der Waals surface area contributed by atoms with Gasteiger partial charge in [0.15, 0.2) is 11.5 Å². The highest BCUT2D eigenvalue weighted by molar-refractivity contribution is 9.10. The summed E-state index contributed by atoms with van der Waals surface area (Å²) >= 11 is 3.42. The van der Waals surface area contributed by atoms with Gasteiger partial charge in [-0.05, 0) is 73.0 Å². The average molecular weight is 561 g/mol. The number of carbonyl (C=O) groups excluding carboxylic acids is 1. The van der Waals surface area contributed by atoms with Crippen molar-refractivity contribution >= 4 is 39.6 Å². The Bertz CT molecular complexity index is 1370. The van der Waals surface area contributed by atoms with Crippen molar-refractivity contribution < 1.29 is 24.2 Å². The number of hydrogen-bond acceptors (Lipinski definition) is 5. The molecule has 0 saturated carbocycles. The number of aromatic carboxylic acids is 1. The van der Waals surface area contributed by atoms with E-state index in [4.69, 9.17) is 14.6 Å². The van der Waals surface area contributed by atoms with Crippen LogP contribution in [-0.4, -0.2) is 23.6 Å². The molecule has 0 aliphatic rings. The van der Waals surface area contributed by atoms with Crippen LogP contribution in [0.4, 0.5) is 5.69 Å². The highest BCUT2D eigenvalue weighted by Crippen LogP contribution is 2.35. The van der Waals surface area contributed by atoms with E-state index in [2.05, 4.69) is 27.8 Å². The summed E-state index contributed by atoms with van der Waals surface area (Å²) in [5.74, 6) is -0.732. The number of ether oxygens (including phenoxy) is 2. The molecular weight excluding hydrogens is 536 g/mol. The number of amides is 1. The highest BCUT2D eigenvalue weighted by Gasteiger charge is 2.16. The van der Waals surface area contributed by atoms with Crippen molar-refractivity contribution in [2.45, 2.75) is 20.0 Å². The van der Waals surface area contributed by atoms with Crippen molar-refractivity contribution in [1.82, 2.24) is 0 Å². The Morgan fingerprint density at radius 2 is 1.89 bits per heavy atom. The van der Waals surface area contributed by atoms with Gasteiger partial charge in [-0.15, -0.1) is 6.58 Å². The number of anilines is 1. The second kappa shape index (κ2) is 13.1. The van der Waals surface area contributed by atoms with Crippen LogP contribution in [0.2, 0.25) is 0 Å². The first kappa shape index (κ1) is 27.2. The minimum absolute atomic E-state index is 0.0226. The van der Waals surface area contributed by atoms with E-state index in [1.54, 1.807) is 18.2 Å².